The van der Waals surface area contributed by atoms with E-state index in [1.165, 1.54) is 0 Å². The van der Waals surface area contributed by atoms with Crippen LogP contribution < -0.4 is 15.2 Å². The molecule has 1 aromatic carbocycles. The SMILES string of the molecule is COc1ccc(COc2nccc(N)n2)cc1. The lowest BCUT2D eigenvalue weighted by atomic mass is 10.2. The molecule has 17 heavy (non-hydrogen) atoms. The van der Waals surface area contributed by atoms with E-state index >= 15 is 0 Å². The number of benzene rings is 1. The molecule has 1 aromatic heterocycles. The van der Waals surface area contributed by atoms with Crippen molar-refractivity contribution < 1.29 is 9.47 Å². The van der Waals surface area contributed by atoms with Crippen LogP contribution >= 0.6 is 0 Å². The van der Waals surface area contributed by atoms with Crippen LogP contribution in [0.3, 0.4) is 0 Å². The summed E-state index contributed by atoms with van der Waals surface area (Å²) < 4.78 is 10.5. The Hall–Kier alpha value is -2.30. The van der Waals surface area contributed by atoms with Crippen molar-refractivity contribution in [3.8, 4) is 11.8 Å². The zero-order valence-electron chi connectivity index (χ0n) is 9.46. The van der Waals surface area contributed by atoms with Crippen molar-refractivity contribution in [1.29, 1.82) is 0 Å². The molecule has 0 atom stereocenters. The van der Waals surface area contributed by atoms with E-state index in [2.05, 4.69) is 9.97 Å². The largest absolute Gasteiger partial charge is 0.497 e. The molecule has 0 radical (unpaired) electrons. The van der Waals surface area contributed by atoms with Gasteiger partial charge < -0.3 is 15.2 Å². The molecular weight excluding hydrogens is 218 g/mol. The second-order valence-corrected chi connectivity index (χ2v) is 3.40. The van der Waals surface area contributed by atoms with Crippen LogP contribution in [-0.4, -0.2) is 17.1 Å². The summed E-state index contributed by atoms with van der Waals surface area (Å²) in [4.78, 5) is 7.89. The summed E-state index contributed by atoms with van der Waals surface area (Å²) in [7, 11) is 1.63. The molecule has 0 aliphatic rings. The highest BCUT2D eigenvalue weighted by Gasteiger charge is 1.99. The van der Waals surface area contributed by atoms with Crippen molar-refractivity contribution in [3.63, 3.8) is 0 Å². The number of hydrogen-bond donors (Lipinski definition) is 1. The highest BCUT2D eigenvalue weighted by atomic mass is 16.5. The molecular formula is C12H13N3O2. The van der Waals surface area contributed by atoms with Gasteiger partial charge in [-0.1, -0.05) is 12.1 Å². The van der Waals surface area contributed by atoms with Gasteiger partial charge in [-0.05, 0) is 23.8 Å². The summed E-state index contributed by atoms with van der Waals surface area (Å²) in [5.41, 5.74) is 6.53. The molecule has 0 bridgehead atoms. The minimum atomic E-state index is 0.279. The van der Waals surface area contributed by atoms with Crippen LogP contribution in [-0.2, 0) is 6.61 Å². The number of nitrogens with two attached hydrogens (primary N) is 1. The molecule has 0 spiro atoms. The van der Waals surface area contributed by atoms with Crippen LogP contribution in [0, 0.1) is 0 Å². The summed E-state index contributed by atoms with van der Waals surface area (Å²) in [6, 6.07) is 9.48. The maximum Gasteiger partial charge on any atom is 0.318 e. The Morgan fingerprint density at radius 1 is 1.18 bits per heavy atom. The number of ether oxygens (including phenoxy) is 2. The standard InChI is InChI=1S/C12H13N3O2/c1-16-10-4-2-9(3-5-10)8-17-12-14-7-6-11(13)15-12/h2-7H,8H2,1H3,(H2,13,14,15). The van der Waals surface area contributed by atoms with Crippen molar-refractivity contribution in [2.45, 2.75) is 6.61 Å². The van der Waals surface area contributed by atoms with Gasteiger partial charge in [0.05, 0.1) is 7.11 Å². The van der Waals surface area contributed by atoms with Gasteiger partial charge in [0.1, 0.15) is 18.2 Å². The van der Waals surface area contributed by atoms with Gasteiger partial charge in [0.15, 0.2) is 0 Å². The maximum absolute atomic E-state index is 5.52. The number of methoxy groups -OCH3 is 1. The van der Waals surface area contributed by atoms with E-state index in [0.717, 1.165) is 11.3 Å². The van der Waals surface area contributed by atoms with Crippen molar-refractivity contribution in [1.82, 2.24) is 9.97 Å². The minimum Gasteiger partial charge on any atom is -0.497 e. The van der Waals surface area contributed by atoms with Crippen molar-refractivity contribution in [3.05, 3.63) is 42.1 Å². The normalized spacial score (nSPS) is 9.94. The van der Waals surface area contributed by atoms with E-state index in [9.17, 15) is 0 Å². The molecule has 0 aliphatic heterocycles. The van der Waals surface area contributed by atoms with Gasteiger partial charge in [0.2, 0.25) is 0 Å². The van der Waals surface area contributed by atoms with E-state index in [0.29, 0.717) is 12.4 Å². The molecule has 0 unspecified atom stereocenters. The van der Waals surface area contributed by atoms with Crippen LogP contribution in [0.4, 0.5) is 5.82 Å². The van der Waals surface area contributed by atoms with Crippen LogP contribution in [0.15, 0.2) is 36.5 Å². The molecule has 2 aromatic rings. The molecule has 0 saturated heterocycles. The lowest BCUT2D eigenvalue weighted by Gasteiger charge is -2.05. The van der Waals surface area contributed by atoms with Crippen LogP contribution in [0.1, 0.15) is 5.56 Å². The van der Waals surface area contributed by atoms with Crippen molar-refractivity contribution in [2.24, 2.45) is 0 Å². The predicted molar refractivity (Wildman–Crippen MR) is 63.8 cm³/mol. The summed E-state index contributed by atoms with van der Waals surface area (Å²) in [5.74, 6) is 1.21. The second kappa shape index (κ2) is 5.16. The zero-order valence-corrected chi connectivity index (χ0v) is 9.46. The van der Waals surface area contributed by atoms with Gasteiger partial charge in [0.25, 0.3) is 0 Å². The molecule has 0 fully saturated rings. The maximum atomic E-state index is 5.52. The third-order valence-corrected chi connectivity index (χ3v) is 2.18. The summed E-state index contributed by atoms with van der Waals surface area (Å²) >= 11 is 0. The second-order valence-electron chi connectivity index (χ2n) is 3.40. The molecule has 88 valence electrons. The number of anilines is 1. The number of nitrogens with zero attached hydrogens (tertiary/aromatic N) is 2. The molecule has 5 heteroatoms. The summed E-state index contributed by atoms with van der Waals surface area (Å²) in [5, 5.41) is 0. The molecule has 0 saturated carbocycles. The van der Waals surface area contributed by atoms with E-state index < -0.39 is 0 Å². The lowest BCUT2D eigenvalue weighted by molar-refractivity contribution is 0.281. The van der Waals surface area contributed by atoms with Crippen molar-refractivity contribution >= 4 is 5.82 Å². The summed E-state index contributed by atoms with van der Waals surface area (Å²) in [6.45, 7) is 0.396. The molecule has 2 N–H and O–H groups in total. The number of aromatic nitrogens is 2. The first-order valence-electron chi connectivity index (χ1n) is 5.12. The van der Waals surface area contributed by atoms with E-state index in [1.54, 1.807) is 19.4 Å². The quantitative estimate of drug-likeness (QED) is 0.866. The Kier molecular flexibility index (Phi) is 3.40. The molecule has 1 heterocycles. The first-order valence-corrected chi connectivity index (χ1v) is 5.12. The zero-order chi connectivity index (χ0) is 12.1. The third kappa shape index (κ3) is 3.07. The topological polar surface area (TPSA) is 70.3 Å². The van der Waals surface area contributed by atoms with Crippen LogP contribution in [0.2, 0.25) is 0 Å². The monoisotopic (exact) mass is 231 g/mol. The Labute approximate surface area is 99.2 Å². The fourth-order valence-electron chi connectivity index (χ4n) is 1.29. The van der Waals surface area contributed by atoms with Gasteiger partial charge in [-0.2, -0.15) is 4.98 Å². The first-order chi connectivity index (χ1) is 8.28. The highest BCUT2D eigenvalue weighted by molar-refractivity contribution is 5.28. The Morgan fingerprint density at radius 3 is 2.59 bits per heavy atom. The molecule has 0 amide bonds. The third-order valence-electron chi connectivity index (χ3n) is 2.18. The molecule has 2 rings (SSSR count). The van der Waals surface area contributed by atoms with Gasteiger partial charge >= 0.3 is 6.01 Å². The smallest absolute Gasteiger partial charge is 0.318 e. The van der Waals surface area contributed by atoms with Crippen LogP contribution in [0.5, 0.6) is 11.8 Å². The minimum absolute atomic E-state index is 0.279. The van der Waals surface area contributed by atoms with Gasteiger partial charge in [0, 0.05) is 6.20 Å². The molecule has 5 nitrogen and oxygen atoms in total. The van der Waals surface area contributed by atoms with E-state index in [4.69, 9.17) is 15.2 Å². The number of hydrogen-bond acceptors (Lipinski definition) is 5. The summed E-state index contributed by atoms with van der Waals surface area (Å²) in [6.07, 6.45) is 1.56. The first kappa shape index (κ1) is 11.2. The lowest BCUT2D eigenvalue weighted by Crippen LogP contribution is -2.01. The molecule has 0 aliphatic carbocycles. The van der Waals surface area contributed by atoms with Crippen molar-refractivity contribution in [2.75, 3.05) is 12.8 Å². The fourth-order valence-corrected chi connectivity index (χ4v) is 1.29. The highest BCUT2D eigenvalue weighted by Crippen LogP contribution is 2.13. The Bertz CT molecular complexity index is 485. The average molecular weight is 231 g/mol. The van der Waals surface area contributed by atoms with Gasteiger partial charge in [-0.25, -0.2) is 4.98 Å². The van der Waals surface area contributed by atoms with Gasteiger partial charge in [-0.15, -0.1) is 0 Å². The van der Waals surface area contributed by atoms with Gasteiger partial charge in [-0.3, -0.25) is 0 Å². The number of nitrogen functional groups attached to an aromatic ring is 1. The average Bonchev–Trinajstić information content (AvgIpc) is 2.37. The van der Waals surface area contributed by atoms with E-state index in [-0.39, 0.29) is 6.01 Å². The predicted octanol–water partition coefficient (Wildman–Crippen LogP) is 1.65. The Balaban J connectivity index is 1.97. The van der Waals surface area contributed by atoms with Crippen LogP contribution in [0.25, 0.3) is 0 Å². The number of rotatable bonds is 4. The fraction of sp³-hybridized carbons (Fsp3) is 0.167. The Morgan fingerprint density at radius 2 is 1.94 bits per heavy atom. The van der Waals surface area contributed by atoms with E-state index in [1.807, 2.05) is 24.3 Å².